The Morgan fingerprint density at radius 1 is 1.50 bits per heavy atom. The smallest absolute Gasteiger partial charge is 0.166 e. The Bertz CT molecular complexity index is 447. The molecule has 0 saturated carbocycles. The largest absolute Gasteiger partial charge is 0.495 e. The van der Waals surface area contributed by atoms with Gasteiger partial charge < -0.3 is 10.1 Å². The van der Waals surface area contributed by atoms with E-state index in [1.807, 2.05) is 0 Å². The molecule has 0 radical (unpaired) electrons. The maximum absolute atomic E-state index is 12.5. The zero-order valence-corrected chi connectivity index (χ0v) is 11.5. The van der Waals surface area contributed by atoms with Gasteiger partial charge in [-0.2, -0.15) is 0 Å². The molecule has 1 aliphatic heterocycles. The van der Waals surface area contributed by atoms with Crippen LogP contribution in [-0.4, -0.2) is 26.0 Å². The van der Waals surface area contributed by atoms with Crippen molar-refractivity contribution in [3.05, 3.63) is 28.8 Å². The molecular weight excluding hydrogens is 250 g/mol. The van der Waals surface area contributed by atoms with Gasteiger partial charge in [-0.25, -0.2) is 0 Å². The van der Waals surface area contributed by atoms with E-state index in [4.69, 9.17) is 16.3 Å². The predicted octanol–water partition coefficient (Wildman–Crippen LogP) is 2.78. The van der Waals surface area contributed by atoms with Gasteiger partial charge in [0.2, 0.25) is 0 Å². The van der Waals surface area contributed by atoms with Gasteiger partial charge in [0, 0.05) is 11.5 Å². The van der Waals surface area contributed by atoms with Crippen molar-refractivity contribution in [2.75, 3.05) is 20.2 Å². The SMILES string of the molecule is COc1cc(C(=O)C2CCNCC2C)ccc1Cl. The minimum absolute atomic E-state index is 0.0946. The Hall–Kier alpha value is -1.06. The van der Waals surface area contributed by atoms with Crippen LogP contribution in [0.3, 0.4) is 0 Å². The highest BCUT2D eigenvalue weighted by Crippen LogP contribution is 2.29. The molecule has 0 amide bonds. The lowest BCUT2D eigenvalue weighted by Crippen LogP contribution is -2.38. The van der Waals surface area contributed by atoms with Crippen LogP contribution in [0.4, 0.5) is 0 Å². The molecule has 1 N–H and O–H groups in total. The van der Waals surface area contributed by atoms with Crippen molar-refractivity contribution >= 4 is 17.4 Å². The van der Waals surface area contributed by atoms with E-state index >= 15 is 0 Å². The van der Waals surface area contributed by atoms with Gasteiger partial charge >= 0.3 is 0 Å². The van der Waals surface area contributed by atoms with E-state index in [9.17, 15) is 4.79 Å². The van der Waals surface area contributed by atoms with E-state index in [0.717, 1.165) is 19.5 Å². The molecule has 2 unspecified atom stereocenters. The number of methoxy groups -OCH3 is 1. The summed E-state index contributed by atoms with van der Waals surface area (Å²) in [5, 5.41) is 3.84. The summed E-state index contributed by atoms with van der Waals surface area (Å²) in [5.41, 5.74) is 0.690. The molecule has 4 heteroatoms. The quantitative estimate of drug-likeness (QED) is 0.856. The van der Waals surface area contributed by atoms with Crippen LogP contribution in [0.5, 0.6) is 5.75 Å². The fourth-order valence-electron chi connectivity index (χ4n) is 2.43. The number of nitrogens with one attached hydrogen (secondary N) is 1. The molecule has 3 nitrogen and oxygen atoms in total. The Kier molecular flexibility index (Phi) is 4.25. The second kappa shape index (κ2) is 5.72. The van der Waals surface area contributed by atoms with Gasteiger partial charge in [0.05, 0.1) is 12.1 Å². The fourth-order valence-corrected chi connectivity index (χ4v) is 2.63. The zero-order chi connectivity index (χ0) is 13.1. The third-order valence-electron chi connectivity index (χ3n) is 3.56. The van der Waals surface area contributed by atoms with Gasteiger partial charge in [-0.15, -0.1) is 0 Å². The summed E-state index contributed by atoms with van der Waals surface area (Å²) in [4.78, 5) is 12.5. The molecule has 1 aliphatic rings. The monoisotopic (exact) mass is 267 g/mol. The van der Waals surface area contributed by atoms with Gasteiger partial charge in [-0.3, -0.25) is 4.79 Å². The predicted molar refractivity (Wildman–Crippen MR) is 72.5 cm³/mol. The summed E-state index contributed by atoms with van der Waals surface area (Å²) < 4.78 is 5.15. The molecule has 1 heterocycles. The number of Topliss-reactive ketones (excluding diaryl/α,β-unsaturated/α-hetero) is 1. The average molecular weight is 268 g/mol. The van der Waals surface area contributed by atoms with Gasteiger partial charge in [-0.1, -0.05) is 18.5 Å². The fraction of sp³-hybridized carbons (Fsp3) is 0.500. The minimum Gasteiger partial charge on any atom is -0.495 e. The van der Waals surface area contributed by atoms with Crippen LogP contribution in [0.15, 0.2) is 18.2 Å². The number of ketones is 1. The molecule has 1 aromatic carbocycles. The Morgan fingerprint density at radius 2 is 2.28 bits per heavy atom. The first-order valence-electron chi connectivity index (χ1n) is 6.22. The zero-order valence-electron chi connectivity index (χ0n) is 10.7. The highest BCUT2D eigenvalue weighted by Gasteiger charge is 2.28. The molecule has 18 heavy (non-hydrogen) atoms. The lowest BCUT2D eigenvalue weighted by molar-refractivity contribution is 0.0848. The van der Waals surface area contributed by atoms with Crippen LogP contribution in [0.2, 0.25) is 5.02 Å². The van der Waals surface area contributed by atoms with Crippen molar-refractivity contribution in [3.63, 3.8) is 0 Å². The van der Waals surface area contributed by atoms with E-state index in [2.05, 4.69) is 12.2 Å². The highest BCUT2D eigenvalue weighted by atomic mass is 35.5. The van der Waals surface area contributed by atoms with Crippen molar-refractivity contribution in [2.24, 2.45) is 11.8 Å². The molecule has 0 aliphatic carbocycles. The Balaban J connectivity index is 2.22. The Labute approximate surface area is 112 Å². The summed E-state index contributed by atoms with van der Waals surface area (Å²) in [6.45, 7) is 3.93. The van der Waals surface area contributed by atoms with Crippen molar-refractivity contribution in [1.82, 2.24) is 5.32 Å². The highest BCUT2D eigenvalue weighted by molar-refractivity contribution is 6.32. The number of carbonyl (C=O) groups excluding carboxylic acids is 1. The summed E-state index contributed by atoms with van der Waals surface area (Å²) in [7, 11) is 1.56. The number of piperidine rings is 1. The number of ether oxygens (including phenoxy) is 1. The first-order valence-corrected chi connectivity index (χ1v) is 6.59. The molecule has 2 rings (SSSR count). The van der Waals surface area contributed by atoms with Gasteiger partial charge in [0.15, 0.2) is 5.78 Å². The molecule has 0 aromatic heterocycles. The van der Waals surface area contributed by atoms with E-state index < -0.39 is 0 Å². The molecule has 1 fully saturated rings. The third-order valence-corrected chi connectivity index (χ3v) is 3.87. The molecule has 0 spiro atoms. The minimum atomic E-state index is 0.0946. The molecule has 0 bridgehead atoms. The van der Waals surface area contributed by atoms with E-state index in [-0.39, 0.29) is 11.7 Å². The summed E-state index contributed by atoms with van der Waals surface area (Å²) in [5.74, 6) is 1.22. The first kappa shape index (κ1) is 13.4. The molecule has 98 valence electrons. The van der Waals surface area contributed by atoms with E-state index in [0.29, 0.717) is 22.3 Å². The number of hydrogen-bond acceptors (Lipinski definition) is 3. The lowest BCUT2D eigenvalue weighted by atomic mass is 9.82. The van der Waals surface area contributed by atoms with Gasteiger partial charge in [0.1, 0.15) is 5.75 Å². The van der Waals surface area contributed by atoms with Crippen LogP contribution in [-0.2, 0) is 0 Å². The number of carbonyl (C=O) groups is 1. The summed E-state index contributed by atoms with van der Waals surface area (Å²) >= 11 is 5.97. The summed E-state index contributed by atoms with van der Waals surface area (Å²) in [6, 6.07) is 5.24. The number of benzene rings is 1. The van der Waals surface area contributed by atoms with Crippen LogP contribution >= 0.6 is 11.6 Å². The molecule has 2 atom stereocenters. The van der Waals surface area contributed by atoms with Crippen molar-refractivity contribution in [1.29, 1.82) is 0 Å². The van der Waals surface area contributed by atoms with Crippen molar-refractivity contribution in [3.8, 4) is 5.75 Å². The maximum Gasteiger partial charge on any atom is 0.166 e. The second-order valence-electron chi connectivity index (χ2n) is 4.79. The Morgan fingerprint density at radius 3 is 2.94 bits per heavy atom. The molecular formula is C14H18ClNO2. The molecule has 1 aromatic rings. The second-order valence-corrected chi connectivity index (χ2v) is 5.20. The summed E-state index contributed by atoms with van der Waals surface area (Å²) in [6.07, 6.45) is 0.894. The first-order chi connectivity index (χ1) is 8.63. The van der Waals surface area contributed by atoms with Crippen molar-refractivity contribution < 1.29 is 9.53 Å². The van der Waals surface area contributed by atoms with E-state index in [1.54, 1.807) is 25.3 Å². The topological polar surface area (TPSA) is 38.3 Å². The van der Waals surface area contributed by atoms with Crippen LogP contribution < -0.4 is 10.1 Å². The number of hydrogen-bond donors (Lipinski definition) is 1. The maximum atomic E-state index is 12.5. The van der Waals surface area contributed by atoms with Gasteiger partial charge in [-0.05, 0) is 43.6 Å². The van der Waals surface area contributed by atoms with E-state index in [1.165, 1.54) is 0 Å². The normalized spacial score (nSPS) is 23.7. The van der Waals surface area contributed by atoms with Crippen LogP contribution in [0.25, 0.3) is 0 Å². The van der Waals surface area contributed by atoms with Crippen LogP contribution in [0, 0.1) is 11.8 Å². The number of halogens is 1. The lowest BCUT2D eigenvalue weighted by Gasteiger charge is -2.28. The molecule has 1 saturated heterocycles. The van der Waals surface area contributed by atoms with Gasteiger partial charge in [0.25, 0.3) is 0 Å². The number of rotatable bonds is 3. The average Bonchev–Trinajstić information content (AvgIpc) is 2.39. The van der Waals surface area contributed by atoms with Crippen LogP contribution in [0.1, 0.15) is 23.7 Å². The van der Waals surface area contributed by atoms with Crippen molar-refractivity contribution in [2.45, 2.75) is 13.3 Å². The third kappa shape index (κ3) is 2.68. The standard InChI is InChI=1S/C14H18ClNO2/c1-9-8-16-6-5-11(9)14(17)10-3-4-12(15)13(7-10)18-2/h3-4,7,9,11,16H,5-6,8H2,1-2H3.